The zero-order valence-electron chi connectivity index (χ0n) is 18.3. The first kappa shape index (κ1) is 22.0. The monoisotopic (exact) mass is 487 g/mol. The molecule has 2 aliphatic rings. The number of methoxy groups -OCH3 is 1. The van der Waals surface area contributed by atoms with E-state index in [4.69, 9.17) is 9.97 Å². The van der Waals surface area contributed by atoms with Crippen LogP contribution in [-0.4, -0.2) is 75.0 Å². The van der Waals surface area contributed by atoms with Crippen molar-refractivity contribution in [2.24, 2.45) is 4.36 Å². The van der Waals surface area contributed by atoms with Crippen LogP contribution < -0.4 is 9.80 Å². The summed E-state index contributed by atoms with van der Waals surface area (Å²) in [6.45, 7) is 2.70. The molecule has 0 spiro atoms. The summed E-state index contributed by atoms with van der Waals surface area (Å²) >= 11 is 1.49. The second kappa shape index (κ2) is 9.18. The maximum absolute atomic E-state index is 12.9. The highest BCUT2D eigenvalue weighted by atomic mass is 32.2. The number of thiazole rings is 1. The second-order valence-electron chi connectivity index (χ2n) is 8.13. The molecule has 1 amide bonds. The summed E-state index contributed by atoms with van der Waals surface area (Å²) in [6, 6.07) is 4.14. The molecule has 0 saturated carbocycles. The van der Waals surface area contributed by atoms with E-state index in [2.05, 4.69) is 34.9 Å². The number of rotatable bonds is 3. The number of hydrogen-bond donors (Lipinski definition) is 0. The molecule has 10 nitrogen and oxygen atoms in total. The summed E-state index contributed by atoms with van der Waals surface area (Å²) in [4.78, 5) is 35.1. The van der Waals surface area contributed by atoms with Gasteiger partial charge in [0.15, 0.2) is 10.6 Å². The van der Waals surface area contributed by atoms with E-state index in [1.165, 1.54) is 24.0 Å². The van der Waals surface area contributed by atoms with Crippen molar-refractivity contribution in [2.75, 3.05) is 54.6 Å². The lowest BCUT2D eigenvalue weighted by atomic mass is 9.91. The average Bonchev–Trinajstić information content (AvgIpc) is 3.33. The van der Waals surface area contributed by atoms with E-state index in [-0.39, 0.29) is 11.5 Å². The average molecular weight is 488 g/mol. The molecule has 2 saturated heterocycles. The fourth-order valence-corrected chi connectivity index (χ4v) is 6.72. The van der Waals surface area contributed by atoms with Crippen molar-refractivity contribution < 1.29 is 13.7 Å². The number of pyridine rings is 1. The lowest BCUT2D eigenvalue weighted by Gasteiger charge is -2.33. The van der Waals surface area contributed by atoms with Crippen LogP contribution in [0, 0.1) is 0 Å². The molecule has 12 heteroatoms. The Bertz CT molecular complexity index is 1250. The lowest BCUT2D eigenvalue weighted by Crippen LogP contribution is -2.41. The van der Waals surface area contributed by atoms with Gasteiger partial charge < -0.3 is 14.5 Å². The number of fused-ring (bicyclic) bond motifs is 1. The standard InChI is InChI=1S/C21H25N7O3S2/c1-31-21(29)26-33(30)11-9-27(10-12-33)18-17-19(32-14-23-17)25-20(24-18)28-7-4-15(5-8-28)16-3-2-6-22-13-16/h2-3,6,13-15H,4-5,7-12H2,1H3. The van der Waals surface area contributed by atoms with Crippen molar-refractivity contribution >= 4 is 49.3 Å². The van der Waals surface area contributed by atoms with E-state index in [0.29, 0.717) is 25.0 Å². The normalized spacial score (nSPS) is 18.9. The van der Waals surface area contributed by atoms with Crippen LogP contribution in [0.2, 0.25) is 0 Å². The molecular weight excluding hydrogens is 462 g/mol. The molecule has 0 N–H and O–H groups in total. The van der Waals surface area contributed by atoms with Crippen LogP contribution in [0.5, 0.6) is 0 Å². The minimum Gasteiger partial charge on any atom is -0.451 e. The van der Waals surface area contributed by atoms with Gasteiger partial charge in [-0.05, 0) is 30.4 Å². The first-order valence-electron chi connectivity index (χ1n) is 10.9. The third-order valence-electron chi connectivity index (χ3n) is 6.18. The molecule has 3 aromatic rings. The molecular formula is C21H25N7O3S2. The van der Waals surface area contributed by atoms with Crippen molar-refractivity contribution in [1.29, 1.82) is 0 Å². The van der Waals surface area contributed by atoms with Crippen LogP contribution in [0.1, 0.15) is 24.3 Å². The zero-order valence-corrected chi connectivity index (χ0v) is 19.9. The summed E-state index contributed by atoms with van der Waals surface area (Å²) in [5.41, 5.74) is 3.82. The molecule has 33 heavy (non-hydrogen) atoms. The Labute approximate surface area is 196 Å². The Morgan fingerprint density at radius 2 is 1.97 bits per heavy atom. The van der Waals surface area contributed by atoms with Gasteiger partial charge in [-0.15, -0.1) is 15.7 Å². The van der Waals surface area contributed by atoms with Gasteiger partial charge in [0.05, 0.1) is 33.9 Å². The van der Waals surface area contributed by atoms with Gasteiger partial charge in [-0.3, -0.25) is 4.98 Å². The molecule has 174 valence electrons. The van der Waals surface area contributed by atoms with Gasteiger partial charge in [0.2, 0.25) is 5.95 Å². The van der Waals surface area contributed by atoms with Crippen molar-refractivity contribution in [2.45, 2.75) is 18.8 Å². The minimum absolute atomic E-state index is 0.281. The Hall–Kier alpha value is -2.86. The minimum atomic E-state index is -2.61. The smallest absolute Gasteiger partial charge is 0.441 e. The van der Waals surface area contributed by atoms with E-state index < -0.39 is 15.8 Å². The Morgan fingerprint density at radius 3 is 2.67 bits per heavy atom. The zero-order chi connectivity index (χ0) is 22.8. The molecule has 5 heterocycles. The number of hydrogen-bond acceptors (Lipinski definition) is 10. The third kappa shape index (κ3) is 4.62. The van der Waals surface area contributed by atoms with Crippen molar-refractivity contribution in [3.63, 3.8) is 0 Å². The van der Waals surface area contributed by atoms with Gasteiger partial charge in [0, 0.05) is 38.6 Å². The molecule has 2 aliphatic heterocycles. The molecule has 3 aromatic heterocycles. The number of carbonyl (C=O) groups excluding carboxylic acids is 1. The summed E-state index contributed by atoms with van der Waals surface area (Å²) in [5, 5.41) is 0. The summed E-state index contributed by atoms with van der Waals surface area (Å²) < 4.78 is 21.2. The quantitative estimate of drug-likeness (QED) is 0.550. The van der Waals surface area contributed by atoms with Crippen molar-refractivity contribution in [3.05, 3.63) is 35.6 Å². The molecule has 0 aliphatic carbocycles. The first-order valence-corrected chi connectivity index (χ1v) is 13.6. The van der Waals surface area contributed by atoms with Gasteiger partial charge >= 0.3 is 6.09 Å². The molecule has 0 unspecified atom stereocenters. The Kier molecular flexibility index (Phi) is 6.11. The maximum Gasteiger partial charge on any atom is 0.441 e. The predicted octanol–water partition coefficient (Wildman–Crippen LogP) is 2.92. The number of anilines is 2. The number of nitrogens with zero attached hydrogens (tertiary/aromatic N) is 7. The lowest BCUT2D eigenvalue weighted by molar-refractivity contribution is 0.183. The number of amides is 1. The predicted molar refractivity (Wildman–Crippen MR) is 129 cm³/mol. The number of aromatic nitrogens is 4. The highest BCUT2D eigenvalue weighted by Gasteiger charge is 2.28. The Morgan fingerprint density at radius 1 is 1.18 bits per heavy atom. The summed E-state index contributed by atoms with van der Waals surface area (Å²) in [6.07, 6.45) is 5.02. The van der Waals surface area contributed by atoms with Crippen molar-refractivity contribution in [1.82, 2.24) is 19.9 Å². The maximum atomic E-state index is 12.9. The van der Waals surface area contributed by atoms with E-state index in [0.717, 1.165) is 42.1 Å². The highest BCUT2D eigenvalue weighted by molar-refractivity contribution is 7.94. The number of ether oxygens (including phenoxy) is 1. The molecule has 0 atom stereocenters. The van der Waals surface area contributed by atoms with Crippen LogP contribution in [0.25, 0.3) is 10.3 Å². The summed E-state index contributed by atoms with van der Waals surface area (Å²) in [5.74, 6) is 2.52. The van der Waals surface area contributed by atoms with Gasteiger partial charge in [0.25, 0.3) is 0 Å². The van der Waals surface area contributed by atoms with Gasteiger partial charge in [0.1, 0.15) is 5.52 Å². The molecule has 5 rings (SSSR count). The fourth-order valence-electron chi connectivity index (χ4n) is 4.32. The SMILES string of the molecule is COC(=O)N=S1(=O)CCN(c2nc(N3CCC(c4cccnc4)CC3)nc3scnc23)CC1. The van der Waals surface area contributed by atoms with Gasteiger partial charge in [-0.25, -0.2) is 14.0 Å². The first-order chi connectivity index (χ1) is 16.0. The topological polar surface area (TPSA) is 114 Å². The van der Waals surface area contributed by atoms with Gasteiger partial charge in [-0.1, -0.05) is 6.07 Å². The van der Waals surface area contributed by atoms with Crippen LogP contribution in [0.4, 0.5) is 16.6 Å². The number of carbonyl (C=O) groups is 1. The van der Waals surface area contributed by atoms with Crippen LogP contribution >= 0.6 is 11.3 Å². The van der Waals surface area contributed by atoms with E-state index in [9.17, 15) is 9.00 Å². The van der Waals surface area contributed by atoms with E-state index in [1.54, 1.807) is 11.7 Å². The second-order valence-corrected chi connectivity index (χ2v) is 11.5. The fraction of sp³-hybridized carbons (Fsp3) is 0.476. The van der Waals surface area contributed by atoms with Crippen molar-refractivity contribution in [3.8, 4) is 0 Å². The Balaban J connectivity index is 1.35. The number of piperidine rings is 1. The molecule has 0 radical (unpaired) electrons. The van der Waals surface area contributed by atoms with Gasteiger partial charge in [-0.2, -0.15) is 9.97 Å². The molecule has 0 aromatic carbocycles. The van der Waals surface area contributed by atoms with Crippen LogP contribution in [0.15, 0.2) is 34.4 Å². The largest absolute Gasteiger partial charge is 0.451 e. The van der Waals surface area contributed by atoms with Crippen LogP contribution in [-0.2, 0) is 14.5 Å². The summed E-state index contributed by atoms with van der Waals surface area (Å²) in [7, 11) is -1.37. The van der Waals surface area contributed by atoms with E-state index >= 15 is 0 Å². The highest BCUT2D eigenvalue weighted by Crippen LogP contribution is 2.32. The van der Waals surface area contributed by atoms with Crippen LogP contribution in [0.3, 0.4) is 0 Å². The molecule has 0 bridgehead atoms. The molecule has 2 fully saturated rings. The van der Waals surface area contributed by atoms with E-state index in [1.807, 2.05) is 12.3 Å². The third-order valence-corrected chi connectivity index (χ3v) is 9.02.